The Hall–Kier alpha value is 0.594. The van der Waals surface area contributed by atoms with Crippen LogP contribution >= 0.6 is 11.8 Å². The number of rotatable bonds is 1. The SMILES string of the molecule is [CH2-]C.[CH2-]CC1SC(=O)NC1=O.[Y]. The molecule has 12 heavy (non-hydrogen) atoms. The smallest absolute Gasteiger partial charge is 0.286 e. The molecule has 5 heteroatoms. The van der Waals surface area contributed by atoms with E-state index in [9.17, 15) is 9.59 Å². The van der Waals surface area contributed by atoms with Gasteiger partial charge in [0.1, 0.15) is 0 Å². The van der Waals surface area contributed by atoms with E-state index in [-0.39, 0.29) is 49.1 Å². The van der Waals surface area contributed by atoms with Crippen LogP contribution in [0.2, 0.25) is 0 Å². The molecule has 1 N–H and O–H groups in total. The van der Waals surface area contributed by atoms with Crippen molar-refractivity contribution < 1.29 is 42.3 Å². The normalized spacial score (nSPS) is 20.4. The monoisotopic (exact) mass is 262 g/mol. The molecule has 0 aromatic carbocycles. The van der Waals surface area contributed by atoms with Crippen LogP contribution in [-0.4, -0.2) is 16.4 Å². The van der Waals surface area contributed by atoms with E-state index in [0.29, 0.717) is 6.42 Å². The van der Waals surface area contributed by atoms with Crippen molar-refractivity contribution in [3.63, 3.8) is 0 Å². The van der Waals surface area contributed by atoms with E-state index in [1.165, 1.54) is 0 Å². The van der Waals surface area contributed by atoms with Crippen LogP contribution in [-0.2, 0) is 37.5 Å². The predicted molar refractivity (Wildman–Crippen MR) is 45.9 cm³/mol. The third-order valence-corrected chi connectivity index (χ3v) is 2.08. The first kappa shape index (κ1) is 15.1. The number of nitrogens with one attached hydrogen (secondary N) is 1. The molecule has 1 radical (unpaired) electrons. The number of carbonyl (C=O) groups excluding carboxylic acids is 2. The molecule has 0 aliphatic carbocycles. The van der Waals surface area contributed by atoms with Gasteiger partial charge in [-0.15, -0.1) is 0 Å². The second-order valence-corrected chi connectivity index (χ2v) is 2.85. The molecule has 0 saturated carbocycles. The summed E-state index contributed by atoms with van der Waals surface area (Å²) in [5.41, 5.74) is 0. The Labute approximate surface area is 102 Å². The van der Waals surface area contributed by atoms with Crippen molar-refractivity contribution in [3.05, 3.63) is 13.8 Å². The summed E-state index contributed by atoms with van der Waals surface area (Å²) < 4.78 is 0. The first-order valence-corrected chi connectivity index (χ1v) is 4.13. The van der Waals surface area contributed by atoms with Crippen LogP contribution in [0.4, 0.5) is 4.79 Å². The number of hydrogen-bond donors (Lipinski definition) is 1. The molecular weight excluding hydrogens is 251 g/mol. The van der Waals surface area contributed by atoms with Crippen LogP contribution in [0.3, 0.4) is 0 Å². The molecule has 1 rings (SSSR count). The third-order valence-electron chi connectivity index (χ3n) is 1.03. The van der Waals surface area contributed by atoms with E-state index < -0.39 is 0 Å². The standard InChI is InChI=1S/C5H6NO2S.C2H5.Y/c1-2-3-4(7)6-5(8)9-3;1-2;/h3H,1-2H2,(H,6,7,8);1H2,2H3;/q2*-1;. The van der Waals surface area contributed by atoms with Gasteiger partial charge in [-0.25, -0.2) is 0 Å². The van der Waals surface area contributed by atoms with E-state index in [1.54, 1.807) is 6.92 Å². The summed E-state index contributed by atoms with van der Waals surface area (Å²) in [6.45, 7) is 8.52. The van der Waals surface area contributed by atoms with Crippen LogP contribution in [0, 0.1) is 13.8 Å². The first-order valence-electron chi connectivity index (χ1n) is 3.25. The fourth-order valence-corrected chi connectivity index (χ4v) is 1.29. The summed E-state index contributed by atoms with van der Waals surface area (Å²) in [7, 11) is 0. The van der Waals surface area contributed by atoms with Crippen LogP contribution in [0.5, 0.6) is 0 Å². The molecule has 1 unspecified atom stereocenters. The summed E-state index contributed by atoms with van der Waals surface area (Å²) in [5.74, 6) is -0.208. The van der Waals surface area contributed by atoms with E-state index in [0.717, 1.165) is 11.8 Å². The number of amides is 2. The molecule has 2 amide bonds. The Kier molecular flexibility index (Phi) is 10.3. The fraction of sp³-hybridized carbons (Fsp3) is 0.429. The maximum Gasteiger partial charge on any atom is 0.286 e. The molecular formula is C7H11NO2SY-2. The quantitative estimate of drug-likeness (QED) is 0.726. The van der Waals surface area contributed by atoms with E-state index in [2.05, 4.69) is 19.2 Å². The van der Waals surface area contributed by atoms with Gasteiger partial charge in [0.2, 0.25) is 5.91 Å². The number of carbonyl (C=O) groups is 2. The van der Waals surface area contributed by atoms with Crippen LogP contribution in [0.15, 0.2) is 0 Å². The first-order chi connectivity index (χ1) is 5.24. The Balaban J connectivity index is 0. The minimum absolute atomic E-state index is 0. The molecule has 1 heterocycles. The van der Waals surface area contributed by atoms with Gasteiger partial charge in [-0.2, -0.15) is 13.3 Å². The number of hydrogen-bond acceptors (Lipinski definition) is 3. The van der Waals surface area contributed by atoms with Gasteiger partial charge in [-0.05, 0) is 0 Å². The Morgan fingerprint density at radius 3 is 2.17 bits per heavy atom. The average molecular weight is 262 g/mol. The summed E-state index contributed by atoms with van der Waals surface area (Å²) >= 11 is 1.01. The molecule has 1 aliphatic rings. The van der Waals surface area contributed by atoms with Gasteiger partial charge >= 0.3 is 0 Å². The van der Waals surface area contributed by atoms with Crippen molar-refractivity contribution in [2.75, 3.05) is 0 Å². The van der Waals surface area contributed by atoms with Crippen LogP contribution < -0.4 is 5.32 Å². The Morgan fingerprint density at radius 1 is 1.50 bits per heavy atom. The number of thioether (sulfide) groups is 1. The molecule has 0 aromatic rings. The summed E-state index contributed by atoms with van der Waals surface area (Å²) in [5, 5.41) is 1.65. The zero-order valence-corrected chi connectivity index (χ0v) is 10.7. The third kappa shape index (κ3) is 4.58. The van der Waals surface area contributed by atoms with Gasteiger partial charge < -0.3 is 13.8 Å². The maximum absolute atomic E-state index is 10.6. The van der Waals surface area contributed by atoms with Crippen molar-refractivity contribution in [2.24, 2.45) is 0 Å². The van der Waals surface area contributed by atoms with Gasteiger partial charge in [-0.3, -0.25) is 14.9 Å². The van der Waals surface area contributed by atoms with Crippen LogP contribution in [0.1, 0.15) is 13.3 Å². The zero-order chi connectivity index (χ0) is 8.85. The van der Waals surface area contributed by atoms with Gasteiger partial charge in [0, 0.05) is 32.7 Å². The van der Waals surface area contributed by atoms with E-state index in [4.69, 9.17) is 0 Å². The maximum atomic E-state index is 10.6. The van der Waals surface area contributed by atoms with Gasteiger partial charge in [0.15, 0.2) is 0 Å². The molecule has 1 atom stereocenters. The second-order valence-electron chi connectivity index (χ2n) is 1.67. The van der Waals surface area contributed by atoms with Crippen LogP contribution in [0.25, 0.3) is 0 Å². The predicted octanol–water partition coefficient (Wildman–Crippen LogP) is 1.40. The average Bonchev–Trinajstić information content (AvgIpc) is 2.33. The van der Waals surface area contributed by atoms with Gasteiger partial charge in [0.25, 0.3) is 5.24 Å². The molecule has 67 valence electrons. The van der Waals surface area contributed by atoms with E-state index >= 15 is 0 Å². The van der Waals surface area contributed by atoms with Crippen molar-refractivity contribution in [1.82, 2.24) is 5.32 Å². The number of imide groups is 1. The molecule has 3 nitrogen and oxygen atoms in total. The van der Waals surface area contributed by atoms with Crippen molar-refractivity contribution in [2.45, 2.75) is 18.6 Å². The molecule has 1 fully saturated rings. The summed E-state index contributed by atoms with van der Waals surface area (Å²) in [6, 6.07) is 0. The minimum Gasteiger partial charge on any atom is -0.346 e. The van der Waals surface area contributed by atoms with Crippen molar-refractivity contribution >= 4 is 22.9 Å². The summed E-state index contributed by atoms with van der Waals surface area (Å²) in [6.07, 6.45) is 0.474. The van der Waals surface area contributed by atoms with Crippen molar-refractivity contribution in [3.8, 4) is 0 Å². The second kappa shape index (κ2) is 8.20. The Morgan fingerprint density at radius 2 is 2.00 bits per heavy atom. The Bertz CT molecular complexity index is 163. The zero-order valence-electron chi connectivity index (χ0n) is 7.00. The topological polar surface area (TPSA) is 46.2 Å². The molecule has 0 aromatic heterocycles. The molecule has 1 saturated heterocycles. The molecule has 1 aliphatic heterocycles. The van der Waals surface area contributed by atoms with Crippen molar-refractivity contribution in [1.29, 1.82) is 0 Å². The molecule has 0 bridgehead atoms. The van der Waals surface area contributed by atoms with Gasteiger partial charge in [0.05, 0.1) is 5.25 Å². The minimum atomic E-state index is -0.256. The molecule has 0 spiro atoms. The fourth-order valence-electron chi connectivity index (χ4n) is 0.583. The summed E-state index contributed by atoms with van der Waals surface area (Å²) in [4.78, 5) is 21.0. The van der Waals surface area contributed by atoms with Gasteiger partial charge in [-0.1, -0.05) is 11.8 Å². The largest absolute Gasteiger partial charge is 0.346 e. The van der Waals surface area contributed by atoms with E-state index in [1.807, 2.05) is 0 Å².